The Morgan fingerprint density at radius 1 is 1.07 bits per heavy atom. The maximum atomic E-state index is 12.3. The molecule has 1 N–H and O–H groups in total. The lowest BCUT2D eigenvalue weighted by atomic mass is 10.2. The number of aryl methyl sites for hydroxylation is 1. The first-order valence-electron chi connectivity index (χ1n) is 10.2. The quantitative estimate of drug-likeness (QED) is 0.672. The van der Waals surface area contributed by atoms with Crippen molar-refractivity contribution >= 4 is 23.3 Å². The summed E-state index contributed by atoms with van der Waals surface area (Å²) in [5.41, 5.74) is 2.92. The van der Waals surface area contributed by atoms with Crippen molar-refractivity contribution in [3.63, 3.8) is 0 Å². The third kappa shape index (κ3) is 6.22. The van der Waals surface area contributed by atoms with Crippen molar-refractivity contribution < 1.29 is 23.8 Å². The molecule has 0 unspecified atom stereocenters. The summed E-state index contributed by atoms with van der Waals surface area (Å²) in [6, 6.07) is 15.1. The molecule has 0 saturated carbocycles. The van der Waals surface area contributed by atoms with E-state index >= 15 is 0 Å². The second kappa shape index (κ2) is 10.6. The Morgan fingerprint density at radius 3 is 2.37 bits per heavy atom. The normalized spacial score (nSPS) is 14.7. The first-order chi connectivity index (χ1) is 14.5. The standard InChI is InChI=1S/C23H28N2O5/c1-3-18-4-10-21(11-5-18)29-16-22(26)30-17(2)23(27)24-19-6-8-20(9-7-19)25-12-14-28-15-13-25/h4-11,17H,3,12-16H2,1-2H3,(H,24,27)/t17-/m0/s1. The van der Waals surface area contributed by atoms with Crippen LogP contribution in [-0.2, 0) is 25.5 Å². The van der Waals surface area contributed by atoms with E-state index in [1.54, 1.807) is 0 Å². The summed E-state index contributed by atoms with van der Waals surface area (Å²) in [7, 11) is 0. The molecule has 0 aromatic heterocycles. The molecule has 1 aliphatic rings. The largest absolute Gasteiger partial charge is 0.482 e. The van der Waals surface area contributed by atoms with E-state index in [1.807, 2.05) is 48.5 Å². The van der Waals surface area contributed by atoms with Crippen LogP contribution in [0.25, 0.3) is 0 Å². The topological polar surface area (TPSA) is 77.1 Å². The number of nitrogens with zero attached hydrogens (tertiary/aromatic N) is 1. The number of amides is 1. The molecule has 3 rings (SSSR count). The van der Waals surface area contributed by atoms with E-state index in [0.29, 0.717) is 11.4 Å². The molecule has 0 spiro atoms. The number of carbonyl (C=O) groups is 2. The summed E-state index contributed by atoms with van der Waals surface area (Å²) >= 11 is 0. The van der Waals surface area contributed by atoms with E-state index in [9.17, 15) is 9.59 Å². The van der Waals surface area contributed by atoms with Gasteiger partial charge < -0.3 is 24.4 Å². The fourth-order valence-corrected chi connectivity index (χ4v) is 3.07. The zero-order chi connectivity index (χ0) is 21.3. The Kier molecular flexibility index (Phi) is 7.68. The highest BCUT2D eigenvalue weighted by Crippen LogP contribution is 2.19. The average molecular weight is 412 g/mol. The number of rotatable bonds is 8. The van der Waals surface area contributed by atoms with Gasteiger partial charge in [-0.2, -0.15) is 0 Å². The van der Waals surface area contributed by atoms with Crippen molar-refractivity contribution in [3.05, 3.63) is 54.1 Å². The van der Waals surface area contributed by atoms with Crippen molar-refractivity contribution in [3.8, 4) is 5.75 Å². The lowest BCUT2D eigenvalue weighted by molar-refractivity contribution is -0.155. The van der Waals surface area contributed by atoms with Gasteiger partial charge >= 0.3 is 5.97 Å². The first kappa shape index (κ1) is 21.6. The smallest absolute Gasteiger partial charge is 0.344 e. The Bertz CT molecular complexity index is 830. The molecule has 160 valence electrons. The molecule has 0 bridgehead atoms. The van der Waals surface area contributed by atoms with Gasteiger partial charge in [-0.3, -0.25) is 4.79 Å². The van der Waals surface area contributed by atoms with Gasteiger partial charge in [-0.15, -0.1) is 0 Å². The van der Waals surface area contributed by atoms with Gasteiger partial charge in [0.05, 0.1) is 13.2 Å². The summed E-state index contributed by atoms with van der Waals surface area (Å²) in [5.74, 6) is -0.406. The van der Waals surface area contributed by atoms with E-state index in [4.69, 9.17) is 14.2 Å². The van der Waals surface area contributed by atoms with Crippen molar-refractivity contribution in [1.29, 1.82) is 0 Å². The molecule has 2 aromatic rings. The second-order valence-electron chi connectivity index (χ2n) is 7.05. The van der Waals surface area contributed by atoms with E-state index in [0.717, 1.165) is 38.4 Å². The number of hydrogen-bond donors (Lipinski definition) is 1. The molecule has 7 heteroatoms. The molecule has 1 atom stereocenters. The number of benzene rings is 2. The van der Waals surface area contributed by atoms with Gasteiger partial charge in [0.1, 0.15) is 5.75 Å². The molecule has 1 aliphatic heterocycles. The first-order valence-corrected chi connectivity index (χ1v) is 10.2. The number of esters is 1. The van der Waals surface area contributed by atoms with Crippen LogP contribution in [0, 0.1) is 0 Å². The summed E-state index contributed by atoms with van der Waals surface area (Å²) in [5, 5.41) is 2.76. The number of anilines is 2. The SMILES string of the molecule is CCc1ccc(OCC(=O)O[C@@H](C)C(=O)Nc2ccc(N3CCOCC3)cc2)cc1. The van der Waals surface area contributed by atoms with Crippen LogP contribution in [-0.4, -0.2) is 50.9 Å². The van der Waals surface area contributed by atoms with Gasteiger partial charge in [-0.1, -0.05) is 19.1 Å². The molecule has 0 aliphatic carbocycles. The van der Waals surface area contributed by atoms with Crippen LogP contribution in [0.3, 0.4) is 0 Å². The molecule has 1 amide bonds. The van der Waals surface area contributed by atoms with Gasteiger partial charge in [0, 0.05) is 24.5 Å². The van der Waals surface area contributed by atoms with Crippen LogP contribution < -0.4 is 15.0 Å². The Morgan fingerprint density at radius 2 is 1.73 bits per heavy atom. The summed E-state index contributed by atoms with van der Waals surface area (Å²) < 4.78 is 15.9. The third-order valence-corrected chi connectivity index (χ3v) is 4.88. The number of carbonyl (C=O) groups excluding carboxylic acids is 2. The van der Waals surface area contributed by atoms with E-state index in [1.165, 1.54) is 12.5 Å². The monoisotopic (exact) mass is 412 g/mol. The van der Waals surface area contributed by atoms with Crippen LogP contribution in [0.5, 0.6) is 5.75 Å². The molecular formula is C23H28N2O5. The molecule has 2 aromatic carbocycles. The Balaban J connectivity index is 1.43. The van der Waals surface area contributed by atoms with E-state index < -0.39 is 18.0 Å². The van der Waals surface area contributed by atoms with Gasteiger partial charge in [-0.25, -0.2) is 4.79 Å². The molecule has 1 fully saturated rings. The lowest BCUT2D eigenvalue weighted by Gasteiger charge is -2.28. The van der Waals surface area contributed by atoms with Crippen molar-refractivity contribution in [1.82, 2.24) is 0 Å². The van der Waals surface area contributed by atoms with Gasteiger partial charge in [0.2, 0.25) is 0 Å². The van der Waals surface area contributed by atoms with Crippen molar-refractivity contribution in [2.24, 2.45) is 0 Å². The highest BCUT2D eigenvalue weighted by Gasteiger charge is 2.19. The predicted octanol–water partition coefficient (Wildman–Crippen LogP) is 3.03. The number of nitrogens with one attached hydrogen (secondary N) is 1. The zero-order valence-electron chi connectivity index (χ0n) is 17.4. The summed E-state index contributed by atoms with van der Waals surface area (Å²) in [6.45, 7) is 6.48. The highest BCUT2D eigenvalue weighted by atomic mass is 16.6. The van der Waals surface area contributed by atoms with E-state index in [2.05, 4.69) is 17.1 Å². The van der Waals surface area contributed by atoms with Crippen LogP contribution >= 0.6 is 0 Å². The molecular weight excluding hydrogens is 384 g/mol. The fraction of sp³-hybridized carbons (Fsp3) is 0.391. The van der Waals surface area contributed by atoms with Crippen LogP contribution in [0.4, 0.5) is 11.4 Å². The maximum absolute atomic E-state index is 12.3. The molecule has 0 radical (unpaired) electrons. The summed E-state index contributed by atoms with van der Waals surface area (Å²) in [6.07, 6.45) is 0.00715. The molecule has 1 heterocycles. The minimum absolute atomic E-state index is 0.253. The maximum Gasteiger partial charge on any atom is 0.344 e. The molecule has 1 saturated heterocycles. The highest BCUT2D eigenvalue weighted by molar-refractivity contribution is 5.95. The molecule has 7 nitrogen and oxygen atoms in total. The predicted molar refractivity (Wildman–Crippen MR) is 115 cm³/mol. The Labute approximate surface area is 176 Å². The van der Waals surface area contributed by atoms with Gasteiger partial charge in [0.15, 0.2) is 12.7 Å². The minimum atomic E-state index is -0.928. The number of hydrogen-bond acceptors (Lipinski definition) is 6. The zero-order valence-corrected chi connectivity index (χ0v) is 17.4. The van der Waals surface area contributed by atoms with Gasteiger partial charge in [-0.05, 0) is 55.3 Å². The average Bonchev–Trinajstić information content (AvgIpc) is 2.79. The third-order valence-electron chi connectivity index (χ3n) is 4.88. The number of ether oxygens (including phenoxy) is 3. The second-order valence-corrected chi connectivity index (χ2v) is 7.05. The minimum Gasteiger partial charge on any atom is -0.482 e. The van der Waals surface area contributed by atoms with E-state index in [-0.39, 0.29) is 6.61 Å². The molecule has 30 heavy (non-hydrogen) atoms. The van der Waals surface area contributed by atoms with Crippen molar-refractivity contribution in [2.75, 3.05) is 43.1 Å². The van der Waals surface area contributed by atoms with Crippen LogP contribution in [0.15, 0.2) is 48.5 Å². The Hall–Kier alpha value is -3.06. The summed E-state index contributed by atoms with van der Waals surface area (Å²) in [4.78, 5) is 26.5. The van der Waals surface area contributed by atoms with Crippen LogP contribution in [0.2, 0.25) is 0 Å². The van der Waals surface area contributed by atoms with Crippen molar-refractivity contribution in [2.45, 2.75) is 26.4 Å². The van der Waals surface area contributed by atoms with Gasteiger partial charge in [0.25, 0.3) is 5.91 Å². The fourth-order valence-electron chi connectivity index (χ4n) is 3.07. The van der Waals surface area contributed by atoms with Crippen LogP contribution in [0.1, 0.15) is 19.4 Å². The lowest BCUT2D eigenvalue weighted by Crippen LogP contribution is -2.36. The number of morpholine rings is 1.